The van der Waals surface area contributed by atoms with Crippen LogP contribution in [-0.2, 0) is 0 Å². The number of hydrogen-bond donors (Lipinski definition) is 0. The molecular formula is C18H17NO3S. The van der Waals surface area contributed by atoms with Gasteiger partial charge in [-0.3, -0.25) is 4.79 Å². The number of nitrogens with zero attached hydrogens (tertiary/aromatic N) is 1. The van der Waals surface area contributed by atoms with Crippen molar-refractivity contribution in [3.8, 4) is 0 Å². The van der Waals surface area contributed by atoms with Crippen LogP contribution in [0.2, 0.25) is 0 Å². The zero-order valence-electron chi connectivity index (χ0n) is 12.9. The molecule has 1 aromatic carbocycles. The lowest BCUT2D eigenvalue weighted by atomic mass is 10.0. The van der Waals surface area contributed by atoms with E-state index in [1.54, 1.807) is 12.1 Å². The van der Waals surface area contributed by atoms with Gasteiger partial charge in [-0.15, -0.1) is 11.3 Å². The van der Waals surface area contributed by atoms with Gasteiger partial charge in [-0.25, -0.2) is 4.79 Å². The molecule has 0 N–H and O–H groups in total. The van der Waals surface area contributed by atoms with E-state index >= 15 is 0 Å². The van der Waals surface area contributed by atoms with Gasteiger partial charge in [0.1, 0.15) is 5.58 Å². The average molecular weight is 327 g/mol. The summed E-state index contributed by atoms with van der Waals surface area (Å²) >= 11 is 1.39. The monoisotopic (exact) mass is 327 g/mol. The van der Waals surface area contributed by atoms with Gasteiger partial charge in [0.05, 0.1) is 15.0 Å². The topological polar surface area (TPSA) is 50.5 Å². The highest BCUT2D eigenvalue weighted by atomic mass is 32.1. The molecule has 1 atom stereocenters. The molecule has 4 nitrogen and oxygen atoms in total. The number of amides is 1. The summed E-state index contributed by atoms with van der Waals surface area (Å²) in [5, 5.41) is 1.39. The third kappa shape index (κ3) is 2.45. The predicted octanol–water partition coefficient (Wildman–Crippen LogP) is 3.88. The highest BCUT2D eigenvalue weighted by Crippen LogP contribution is 2.31. The Labute approximate surface area is 137 Å². The molecule has 1 aliphatic heterocycles. The van der Waals surface area contributed by atoms with E-state index in [0.717, 1.165) is 29.6 Å². The molecule has 1 amide bonds. The summed E-state index contributed by atoms with van der Waals surface area (Å²) in [6.45, 7) is 3.77. The molecule has 3 aromatic rings. The van der Waals surface area contributed by atoms with Gasteiger partial charge in [0, 0.05) is 18.5 Å². The van der Waals surface area contributed by atoms with Gasteiger partial charge in [0.2, 0.25) is 0 Å². The van der Waals surface area contributed by atoms with Gasteiger partial charge in [0.25, 0.3) is 5.91 Å². The Kier molecular flexibility index (Phi) is 3.45. The number of rotatable bonds is 1. The van der Waals surface area contributed by atoms with Crippen molar-refractivity contribution >= 4 is 38.3 Å². The molecule has 0 saturated carbocycles. The first-order chi connectivity index (χ1) is 11.1. The Bertz CT molecular complexity index is 956. The molecule has 0 unspecified atom stereocenters. The molecule has 0 bridgehead atoms. The van der Waals surface area contributed by atoms with Crippen LogP contribution < -0.4 is 5.63 Å². The van der Waals surface area contributed by atoms with Crippen molar-refractivity contribution in [3.63, 3.8) is 0 Å². The first-order valence-electron chi connectivity index (χ1n) is 7.88. The summed E-state index contributed by atoms with van der Waals surface area (Å²) in [4.78, 5) is 27.5. The van der Waals surface area contributed by atoms with E-state index in [4.69, 9.17) is 4.42 Å². The maximum absolute atomic E-state index is 12.8. The molecule has 5 heteroatoms. The molecule has 1 fully saturated rings. The Morgan fingerprint density at radius 1 is 1.30 bits per heavy atom. The van der Waals surface area contributed by atoms with Crippen molar-refractivity contribution < 1.29 is 9.21 Å². The molecule has 118 valence electrons. The SMILES string of the molecule is C[C@@H]1CCCN(C(=O)c2cc3c(=O)oc4ccccc4c3s2)C1. The van der Waals surface area contributed by atoms with Crippen LogP contribution in [0, 0.1) is 5.92 Å². The predicted molar refractivity (Wildman–Crippen MR) is 92.2 cm³/mol. The Morgan fingerprint density at radius 2 is 2.13 bits per heavy atom. The summed E-state index contributed by atoms with van der Waals surface area (Å²) in [6, 6.07) is 9.15. The lowest BCUT2D eigenvalue weighted by Crippen LogP contribution is -2.38. The molecule has 4 rings (SSSR count). The van der Waals surface area contributed by atoms with Crippen LogP contribution in [0.5, 0.6) is 0 Å². The van der Waals surface area contributed by atoms with Crippen molar-refractivity contribution in [2.45, 2.75) is 19.8 Å². The molecule has 1 aliphatic rings. The number of carbonyl (C=O) groups excluding carboxylic acids is 1. The first kappa shape index (κ1) is 14.5. The Hall–Kier alpha value is -2.14. The normalized spacial score (nSPS) is 18.7. The smallest absolute Gasteiger partial charge is 0.345 e. The summed E-state index contributed by atoms with van der Waals surface area (Å²) in [5.74, 6) is 0.564. The second-order valence-electron chi connectivity index (χ2n) is 6.24. The third-order valence-corrected chi connectivity index (χ3v) is 5.60. The van der Waals surface area contributed by atoms with Crippen LogP contribution in [0.1, 0.15) is 29.4 Å². The standard InChI is InChI=1S/C18H17NO3S/c1-11-5-4-8-19(10-11)17(20)15-9-13-16(23-15)12-6-2-3-7-14(12)22-18(13)21/h2-3,6-7,9,11H,4-5,8,10H2,1H3/t11-/m1/s1. The number of piperidine rings is 1. The summed E-state index contributed by atoms with van der Waals surface area (Å²) in [7, 11) is 0. The van der Waals surface area contributed by atoms with E-state index in [-0.39, 0.29) is 11.5 Å². The minimum absolute atomic E-state index is 0.0289. The van der Waals surface area contributed by atoms with Crippen molar-refractivity contribution in [1.29, 1.82) is 0 Å². The summed E-state index contributed by atoms with van der Waals surface area (Å²) in [5.41, 5.74) is 0.193. The Balaban J connectivity index is 1.82. The van der Waals surface area contributed by atoms with E-state index in [0.29, 0.717) is 21.8 Å². The zero-order valence-corrected chi connectivity index (χ0v) is 13.7. The summed E-state index contributed by atoms with van der Waals surface area (Å²) < 4.78 is 6.19. The van der Waals surface area contributed by atoms with Gasteiger partial charge < -0.3 is 9.32 Å². The van der Waals surface area contributed by atoms with Crippen LogP contribution >= 0.6 is 11.3 Å². The molecule has 2 aromatic heterocycles. The largest absolute Gasteiger partial charge is 0.422 e. The van der Waals surface area contributed by atoms with Gasteiger partial charge in [0.15, 0.2) is 0 Å². The number of fused-ring (bicyclic) bond motifs is 3. The van der Waals surface area contributed by atoms with E-state index in [9.17, 15) is 9.59 Å². The lowest BCUT2D eigenvalue weighted by Gasteiger charge is -2.30. The summed E-state index contributed by atoms with van der Waals surface area (Å²) in [6.07, 6.45) is 2.22. The lowest BCUT2D eigenvalue weighted by molar-refractivity contribution is 0.0688. The van der Waals surface area contributed by atoms with Gasteiger partial charge in [-0.2, -0.15) is 0 Å². The van der Waals surface area contributed by atoms with E-state index in [1.165, 1.54) is 17.8 Å². The minimum atomic E-state index is -0.374. The fourth-order valence-electron chi connectivity index (χ4n) is 3.28. The molecular weight excluding hydrogens is 310 g/mol. The zero-order chi connectivity index (χ0) is 16.0. The van der Waals surface area contributed by atoms with E-state index in [2.05, 4.69) is 6.92 Å². The fraction of sp³-hybridized carbons (Fsp3) is 0.333. The number of thiophene rings is 1. The number of likely N-dealkylation sites (tertiary alicyclic amines) is 1. The molecule has 0 spiro atoms. The maximum Gasteiger partial charge on any atom is 0.345 e. The minimum Gasteiger partial charge on any atom is -0.422 e. The van der Waals surface area contributed by atoms with Gasteiger partial charge in [-0.1, -0.05) is 19.1 Å². The Morgan fingerprint density at radius 3 is 2.96 bits per heavy atom. The average Bonchev–Trinajstić information content (AvgIpc) is 3.00. The third-order valence-electron chi connectivity index (χ3n) is 4.44. The van der Waals surface area contributed by atoms with Gasteiger partial charge >= 0.3 is 5.63 Å². The number of hydrogen-bond acceptors (Lipinski definition) is 4. The van der Waals surface area contributed by atoms with Crippen molar-refractivity contribution in [1.82, 2.24) is 4.90 Å². The van der Waals surface area contributed by atoms with Crippen molar-refractivity contribution in [3.05, 3.63) is 45.6 Å². The van der Waals surface area contributed by atoms with E-state index in [1.807, 2.05) is 23.1 Å². The van der Waals surface area contributed by atoms with Crippen molar-refractivity contribution in [2.75, 3.05) is 13.1 Å². The highest BCUT2D eigenvalue weighted by Gasteiger charge is 2.24. The number of carbonyl (C=O) groups is 1. The van der Waals surface area contributed by atoms with Crippen LogP contribution in [0.15, 0.2) is 39.5 Å². The number of para-hydroxylation sites is 1. The van der Waals surface area contributed by atoms with Gasteiger partial charge in [-0.05, 0) is 37.0 Å². The quantitative estimate of drug-likeness (QED) is 0.637. The van der Waals surface area contributed by atoms with Crippen LogP contribution in [-0.4, -0.2) is 23.9 Å². The second-order valence-corrected chi connectivity index (χ2v) is 7.29. The first-order valence-corrected chi connectivity index (χ1v) is 8.70. The van der Waals surface area contributed by atoms with E-state index < -0.39 is 0 Å². The second kappa shape index (κ2) is 5.49. The van der Waals surface area contributed by atoms with Crippen molar-refractivity contribution in [2.24, 2.45) is 5.92 Å². The molecule has 1 saturated heterocycles. The molecule has 0 aliphatic carbocycles. The maximum atomic E-state index is 12.8. The van der Waals surface area contributed by atoms with Crippen LogP contribution in [0.3, 0.4) is 0 Å². The fourth-order valence-corrected chi connectivity index (χ4v) is 4.42. The van der Waals surface area contributed by atoms with Crippen LogP contribution in [0.25, 0.3) is 21.1 Å². The molecule has 3 heterocycles. The number of benzene rings is 1. The highest BCUT2D eigenvalue weighted by molar-refractivity contribution is 7.21. The van der Waals surface area contributed by atoms with Crippen LogP contribution in [0.4, 0.5) is 0 Å². The molecule has 23 heavy (non-hydrogen) atoms. The molecule has 0 radical (unpaired) electrons.